The standard InChI is InChI=1S/C29H31ClF3N3O4S/c1-19(2)34-28(38)21(4)35(17-22-10-8-9-20(3)15-22)27(37)18-36(41(39,40)24-11-6-5-7-12-24)23-13-14-26(30)25(16-23)29(31,32)33/h5-16,19,21H,17-18H2,1-4H3,(H,34,38). The lowest BCUT2D eigenvalue weighted by molar-refractivity contribution is -0.139. The highest BCUT2D eigenvalue weighted by Gasteiger charge is 2.37. The summed E-state index contributed by atoms with van der Waals surface area (Å²) in [6.45, 7) is 5.96. The number of alkyl halides is 3. The van der Waals surface area contributed by atoms with Crippen molar-refractivity contribution in [1.29, 1.82) is 0 Å². The van der Waals surface area contributed by atoms with E-state index in [1.807, 2.05) is 19.1 Å². The van der Waals surface area contributed by atoms with Gasteiger partial charge in [-0.1, -0.05) is 59.6 Å². The minimum absolute atomic E-state index is 0.0408. The highest BCUT2D eigenvalue weighted by molar-refractivity contribution is 7.92. The monoisotopic (exact) mass is 609 g/mol. The summed E-state index contributed by atoms with van der Waals surface area (Å²) in [5.41, 5.74) is -0.0680. The third-order valence-corrected chi connectivity index (χ3v) is 8.30. The van der Waals surface area contributed by atoms with Gasteiger partial charge in [0, 0.05) is 12.6 Å². The molecule has 0 heterocycles. The molecule has 1 atom stereocenters. The van der Waals surface area contributed by atoms with Crippen molar-refractivity contribution in [3.63, 3.8) is 0 Å². The maximum atomic E-state index is 13.9. The Morgan fingerprint density at radius 3 is 2.20 bits per heavy atom. The SMILES string of the molecule is Cc1cccc(CN(C(=O)CN(c2ccc(Cl)c(C(F)(F)F)c2)S(=O)(=O)c2ccccc2)C(C)C(=O)NC(C)C)c1. The number of sulfonamides is 1. The molecule has 0 aliphatic carbocycles. The number of nitrogens with one attached hydrogen (secondary N) is 1. The Labute approximate surface area is 243 Å². The summed E-state index contributed by atoms with van der Waals surface area (Å²) in [6.07, 6.45) is -4.88. The summed E-state index contributed by atoms with van der Waals surface area (Å²) in [5, 5.41) is 2.12. The Bertz CT molecular complexity index is 1500. The van der Waals surface area contributed by atoms with Crippen molar-refractivity contribution < 1.29 is 31.2 Å². The fraction of sp³-hybridized carbons (Fsp3) is 0.310. The second-order valence-electron chi connectivity index (χ2n) is 9.84. The number of amides is 2. The third kappa shape index (κ3) is 8.01. The van der Waals surface area contributed by atoms with E-state index in [9.17, 15) is 31.2 Å². The lowest BCUT2D eigenvalue weighted by Gasteiger charge is -2.32. The van der Waals surface area contributed by atoms with Crippen LogP contribution in [0.15, 0.2) is 77.7 Å². The average Bonchev–Trinajstić information content (AvgIpc) is 2.89. The van der Waals surface area contributed by atoms with Gasteiger partial charge >= 0.3 is 6.18 Å². The number of carbonyl (C=O) groups excluding carboxylic acids is 2. The van der Waals surface area contributed by atoms with Gasteiger partial charge in [0.1, 0.15) is 12.6 Å². The molecule has 0 aliphatic rings. The van der Waals surface area contributed by atoms with Crippen molar-refractivity contribution in [2.75, 3.05) is 10.8 Å². The zero-order chi connectivity index (χ0) is 30.5. The van der Waals surface area contributed by atoms with Crippen LogP contribution in [0.5, 0.6) is 0 Å². The first-order valence-electron chi connectivity index (χ1n) is 12.7. The quantitative estimate of drug-likeness (QED) is 0.315. The molecule has 0 fully saturated rings. The molecule has 3 rings (SSSR count). The first-order chi connectivity index (χ1) is 19.1. The normalized spacial score (nSPS) is 12.6. The summed E-state index contributed by atoms with van der Waals surface area (Å²) in [6, 6.07) is 15.6. The fourth-order valence-electron chi connectivity index (χ4n) is 4.13. The van der Waals surface area contributed by atoms with E-state index in [1.54, 1.807) is 32.0 Å². The molecular formula is C29H31ClF3N3O4S. The zero-order valence-corrected chi connectivity index (χ0v) is 24.5. The van der Waals surface area contributed by atoms with Crippen LogP contribution in [0.25, 0.3) is 0 Å². The summed E-state index contributed by atoms with van der Waals surface area (Å²) < 4.78 is 69.2. The van der Waals surface area contributed by atoms with E-state index in [0.717, 1.165) is 17.7 Å². The van der Waals surface area contributed by atoms with Gasteiger partial charge in [0.2, 0.25) is 11.8 Å². The van der Waals surface area contributed by atoms with Gasteiger partial charge in [-0.3, -0.25) is 13.9 Å². The highest BCUT2D eigenvalue weighted by atomic mass is 35.5. The smallest absolute Gasteiger partial charge is 0.352 e. The molecule has 2 amide bonds. The Morgan fingerprint density at radius 1 is 0.951 bits per heavy atom. The van der Waals surface area contributed by atoms with Crippen LogP contribution in [-0.2, 0) is 32.3 Å². The third-order valence-electron chi connectivity index (χ3n) is 6.19. The van der Waals surface area contributed by atoms with Gasteiger partial charge in [-0.05, 0) is 63.6 Å². The van der Waals surface area contributed by atoms with Gasteiger partial charge in [0.05, 0.1) is 21.2 Å². The van der Waals surface area contributed by atoms with Crippen molar-refractivity contribution in [2.45, 2.75) is 57.4 Å². The number of benzene rings is 3. The molecule has 0 bridgehead atoms. The van der Waals surface area contributed by atoms with Gasteiger partial charge in [0.15, 0.2) is 0 Å². The van der Waals surface area contributed by atoms with Gasteiger partial charge in [-0.15, -0.1) is 0 Å². The molecule has 0 radical (unpaired) electrons. The summed E-state index contributed by atoms with van der Waals surface area (Å²) in [4.78, 5) is 27.8. The average molecular weight is 610 g/mol. The van der Waals surface area contributed by atoms with E-state index >= 15 is 0 Å². The van der Waals surface area contributed by atoms with E-state index in [2.05, 4.69) is 5.32 Å². The number of aryl methyl sites for hydroxylation is 1. The van der Waals surface area contributed by atoms with Gasteiger partial charge in [-0.25, -0.2) is 8.42 Å². The van der Waals surface area contributed by atoms with Gasteiger partial charge in [0.25, 0.3) is 10.0 Å². The van der Waals surface area contributed by atoms with E-state index in [4.69, 9.17) is 11.6 Å². The van der Waals surface area contributed by atoms with E-state index in [0.29, 0.717) is 15.9 Å². The highest BCUT2D eigenvalue weighted by Crippen LogP contribution is 2.38. The van der Waals surface area contributed by atoms with Crippen molar-refractivity contribution in [1.82, 2.24) is 10.2 Å². The topological polar surface area (TPSA) is 86.8 Å². The summed E-state index contributed by atoms with van der Waals surface area (Å²) >= 11 is 5.79. The number of hydrogen-bond acceptors (Lipinski definition) is 4. The van der Waals surface area contributed by atoms with Crippen LogP contribution in [0.1, 0.15) is 37.5 Å². The number of nitrogens with zero attached hydrogens (tertiary/aromatic N) is 2. The molecular weight excluding hydrogens is 579 g/mol. The molecule has 3 aromatic carbocycles. The first-order valence-corrected chi connectivity index (χ1v) is 14.5. The predicted octanol–water partition coefficient (Wildman–Crippen LogP) is 5.80. The minimum Gasteiger partial charge on any atom is -0.352 e. The maximum absolute atomic E-state index is 13.9. The first kappa shape index (κ1) is 32.0. The molecule has 0 saturated heterocycles. The van der Waals surface area contributed by atoms with Crippen molar-refractivity contribution in [3.8, 4) is 0 Å². The van der Waals surface area contributed by atoms with E-state index < -0.39 is 56.9 Å². The summed E-state index contributed by atoms with van der Waals surface area (Å²) in [5.74, 6) is -1.26. The predicted molar refractivity (Wildman–Crippen MR) is 152 cm³/mol. The second kappa shape index (κ2) is 12.9. The number of halogens is 4. The molecule has 12 heteroatoms. The molecule has 0 spiro atoms. The van der Waals surface area contributed by atoms with Crippen molar-refractivity contribution >= 4 is 39.1 Å². The van der Waals surface area contributed by atoms with Crippen LogP contribution in [-0.4, -0.2) is 43.8 Å². The van der Waals surface area contributed by atoms with Crippen LogP contribution in [0.3, 0.4) is 0 Å². The van der Waals surface area contributed by atoms with Crippen LogP contribution in [0.2, 0.25) is 5.02 Å². The zero-order valence-electron chi connectivity index (χ0n) is 22.9. The number of anilines is 1. The van der Waals surface area contributed by atoms with Crippen LogP contribution < -0.4 is 9.62 Å². The number of hydrogen-bond donors (Lipinski definition) is 1. The molecule has 41 heavy (non-hydrogen) atoms. The largest absolute Gasteiger partial charge is 0.417 e. The Morgan fingerprint density at radius 2 is 1.61 bits per heavy atom. The Balaban J connectivity index is 2.11. The fourth-order valence-corrected chi connectivity index (χ4v) is 5.78. The van der Waals surface area contributed by atoms with Crippen molar-refractivity contribution in [3.05, 3.63) is 94.5 Å². The van der Waals surface area contributed by atoms with Gasteiger partial charge in [-0.2, -0.15) is 13.2 Å². The van der Waals surface area contributed by atoms with Crippen LogP contribution in [0, 0.1) is 6.92 Å². The molecule has 0 saturated carbocycles. The lowest BCUT2D eigenvalue weighted by Crippen LogP contribution is -2.52. The second-order valence-corrected chi connectivity index (χ2v) is 12.1. The minimum atomic E-state index is -4.88. The molecule has 7 nitrogen and oxygen atoms in total. The van der Waals surface area contributed by atoms with Crippen LogP contribution >= 0.6 is 11.6 Å². The maximum Gasteiger partial charge on any atom is 0.417 e. The molecule has 1 unspecified atom stereocenters. The van der Waals surface area contributed by atoms with Crippen LogP contribution in [0.4, 0.5) is 18.9 Å². The molecule has 1 N–H and O–H groups in total. The summed E-state index contributed by atoms with van der Waals surface area (Å²) in [7, 11) is -4.53. The van der Waals surface area contributed by atoms with Crippen molar-refractivity contribution in [2.24, 2.45) is 0 Å². The molecule has 220 valence electrons. The number of rotatable bonds is 10. The Hall–Kier alpha value is -3.57. The lowest BCUT2D eigenvalue weighted by atomic mass is 10.1. The molecule has 0 aliphatic heterocycles. The Kier molecular flexibility index (Phi) is 10.1. The molecule has 0 aromatic heterocycles. The van der Waals surface area contributed by atoms with E-state index in [1.165, 1.54) is 36.1 Å². The van der Waals surface area contributed by atoms with Gasteiger partial charge < -0.3 is 10.2 Å². The van der Waals surface area contributed by atoms with E-state index in [-0.39, 0.29) is 17.5 Å². The number of carbonyl (C=O) groups is 2. The molecule has 3 aromatic rings.